The molecule has 0 radical (unpaired) electrons. The normalized spacial score (nSPS) is 11.5. The zero-order chi connectivity index (χ0) is 16.1. The lowest BCUT2D eigenvalue weighted by Crippen LogP contribution is -1.96. The van der Waals surface area contributed by atoms with Crippen LogP contribution in [-0.4, -0.2) is 5.16 Å². The average molecular weight is 308 g/mol. The number of anilines is 1. The fourth-order valence-corrected chi connectivity index (χ4v) is 1.71. The lowest BCUT2D eigenvalue weighted by atomic mass is 10.3. The number of azo groups is 2. The van der Waals surface area contributed by atoms with Crippen LogP contribution in [0.5, 0.6) is 0 Å². The van der Waals surface area contributed by atoms with Crippen LogP contribution in [0.25, 0.3) is 0 Å². The molecule has 0 spiro atoms. The van der Waals surface area contributed by atoms with Gasteiger partial charge in [0, 0.05) is 0 Å². The van der Waals surface area contributed by atoms with E-state index in [2.05, 4.69) is 30.1 Å². The van der Waals surface area contributed by atoms with E-state index in [4.69, 9.17) is 5.73 Å². The fraction of sp³-hybridized carbons (Fsp3) is 0. The number of nitrogen functional groups attached to an aromatic ring is 1. The second-order valence-corrected chi connectivity index (χ2v) is 4.50. The minimum atomic E-state index is -0.528. The van der Waals surface area contributed by atoms with E-state index in [-0.39, 0.29) is 11.6 Å². The molecule has 0 atom stereocenters. The van der Waals surface area contributed by atoms with E-state index in [1.807, 2.05) is 30.3 Å². The number of benzene rings is 2. The van der Waals surface area contributed by atoms with Crippen LogP contribution in [0.3, 0.4) is 0 Å². The Kier molecular flexibility index (Phi) is 4.05. The highest BCUT2D eigenvalue weighted by molar-refractivity contribution is 5.53. The maximum atomic E-state index is 11.3. The summed E-state index contributed by atoms with van der Waals surface area (Å²) in [6, 6.07) is 16.3. The molecule has 8 nitrogen and oxygen atoms in total. The Labute approximate surface area is 130 Å². The maximum Gasteiger partial charge on any atom is 0.310 e. The highest BCUT2D eigenvalue weighted by Gasteiger charge is 2.07. The van der Waals surface area contributed by atoms with Gasteiger partial charge < -0.3 is 10.3 Å². The minimum Gasteiger partial charge on any atom is -0.366 e. The third-order valence-corrected chi connectivity index (χ3v) is 2.85. The van der Waals surface area contributed by atoms with Crippen molar-refractivity contribution in [1.82, 2.24) is 5.16 Å². The molecule has 1 heterocycles. The molecule has 0 fully saturated rings. The van der Waals surface area contributed by atoms with Crippen molar-refractivity contribution in [2.24, 2.45) is 20.5 Å². The molecule has 0 aliphatic rings. The van der Waals surface area contributed by atoms with Crippen molar-refractivity contribution in [1.29, 1.82) is 0 Å². The summed E-state index contributed by atoms with van der Waals surface area (Å²) in [7, 11) is 0. The van der Waals surface area contributed by atoms with Gasteiger partial charge in [0.1, 0.15) is 0 Å². The average Bonchev–Trinajstić information content (AvgIpc) is 2.91. The highest BCUT2D eigenvalue weighted by atomic mass is 16.5. The molecule has 3 aromatic rings. The Morgan fingerprint density at radius 3 is 1.83 bits per heavy atom. The van der Waals surface area contributed by atoms with E-state index in [1.165, 1.54) is 0 Å². The van der Waals surface area contributed by atoms with E-state index >= 15 is 0 Å². The number of aromatic amines is 1. The van der Waals surface area contributed by atoms with Crippen molar-refractivity contribution in [3.8, 4) is 0 Å². The predicted molar refractivity (Wildman–Crippen MR) is 85.0 cm³/mol. The van der Waals surface area contributed by atoms with Crippen LogP contribution >= 0.6 is 0 Å². The molecule has 3 N–H and O–H groups in total. The summed E-state index contributed by atoms with van der Waals surface area (Å²) in [6.45, 7) is 0. The summed E-state index contributed by atoms with van der Waals surface area (Å²) in [6.07, 6.45) is 0. The van der Waals surface area contributed by atoms with E-state index < -0.39 is 5.56 Å². The smallest absolute Gasteiger partial charge is 0.310 e. The van der Waals surface area contributed by atoms with Crippen LogP contribution in [0.1, 0.15) is 0 Å². The lowest BCUT2D eigenvalue weighted by Gasteiger charge is -1.94. The molecule has 8 heteroatoms. The Morgan fingerprint density at radius 2 is 1.30 bits per heavy atom. The van der Waals surface area contributed by atoms with Crippen molar-refractivity contribution in [2.75, 3.05) is 5.73 Å². The molecule has 3 rings (SSSR count). The summed E-state index contributed by atoms with van der Waals surface area (Å²) >= 11 is 0. The largest absolute Gasteiger partial charge is 0.366 e. The second-order valence-electron chi connectivity index (χ2n) is 4.50. The monoisotopic (exact) mass is 308 g/mol. The molecule has 114 valence electrons. The first-order chi connectivity index (χ1) is 11.2. The van der Waals surface area contributed by atoms with Crippen molar-refractivity contribution in [2.45, 2.75) is 0 Å². The van der Waals surface area contributed by atoms with E-state index in [0.29, 0.717) is 11.4 Å². The Hall–Kier alpha value is -3.55. The van der Waals surface area contributed by atoms with Crippen molar-refractivity contribution < 1.29 is 4.52 Å². The first-order valence-electron chi connectivity index (χ1n) is 6.68. The van der Waals surface area contributed by atoms with E-state index in [1.54, 1.807) is 24.3 Å². The lowest BCUT2D eigenvalue weighted by molar-refractivity contribution is 0.430. The molecular weight excluding hydrogens is 296 g/mol. The Balaban J connectivity index is 1.72. The standard InChI is InChI=1S/C15H12N6O2/c16-14-13(15(22)21-23-14)20-19-12-8-6-11(7-9-12)18-17-10-4-2-1-3-5-10/h1-9H,16H2,(H,21,22). The van der Waals surface area contributed by atoms with Crippen molar-refractivity contribution in [3.63, 3.8) is 0 Å². The summed E-state index contributed by atoms with van der Waals surface area (Å²) in [5.41, 5.74) is 6.85. The molecule has 0 saturated heterocycles. The van der Waals surface area contributed by atoms with Gasteiger partial charge in [-0.05, 0) is 36.4 Å². The van der Waals surface area contributed by atoms with Crippen molar-refractivity contribution in [3.05, 3.63) is 65.0 Å². The number of H-pyrrole nitrogens is 1. The highest BCUT2D eigenvalue weighted by Crippen LogP contribution is 2.23. The third-order valence-electron chi connectivity index (χ3n) is 2.85. The van der Waals surface area contributed by atoms with Crippen LogP contribution in [0.4, 0.5) is 28.6 Å². The van der Waals surface area contributed by atoms with Crippen LogP contribution in [0.15, 0.2) is 84.4 Å². The van der Waals surface area contributed by atoms with Gasteiger partial charge in [-0.3, -0.25) is 4.79 Å². The number of rotatable bonds is 4. The number of aromatic nitrogens is 1. The number of nitrogens with one attached hydrogen (secondary N) is 1. The molecule has 0 aliphatic heterocycles. The van der Waals surface area contributed by atoms with Gasteiger partial charge in [-0.25, -0.2) is 0 Å². The first kappa shape index (κ1) is 14.4. The van der Waals surface area contributed by atoms with Crippen LogP contribution in [-0.2, 0) is 0 Å². The summed E-state index contributed by atoms with van der Waals surface area (Å²) in [5, 5.41) is 18.0. The summed E-state index contributed by atoms with van der Waals surface area (Å²) in [4.78, 5) is 11.3. The number of hydrogen-bond donors (Lipinski definition) is 2. The molecule has 0 saturated carbocycles. The summed E-state index contributed by atoms with van der Waals surface area (Å²) in [5.74, 6) is -0.105. The molecule has 0 bridgehead atoms. The van der Waals surface area contributed by atoms with Crippen LogP contribution in [0.2, 0.25) is 0 Å². The van der Waals surface area contributed by atoms with Gasteiger partial charge in [0.2, 0.25) is 5.69 Å². The predicted octanol–water partition coefficient (Wildman–Crippen LogP) is 4.38. The first-order valence-corrected chi connectivity index (χ1v) is 6.68. The molecule has 2 aromatic carbocycles. The van der Waals surface area contributed by atoms with Crippen molar-refractivity contribution >= 4 is 28.6 Å². The van der Waals surface area contributed by atoms with E-state index in [0.717, 1.165) is 5.69 Å². The zero-order valence-electron chi connectivity index (χ0n) is 11.9. The van der Waals surface area contributed by atoms with Gasteiger partial charge in [0.15, 0.2) is 0 Å². The quantitative estimate of drug-likeness (QED) is 0.695. The van der Waals surface area contributed by atoms with Crippen LogP contribution < -0.4 is 11.3 Å². The molecule has 0 unspecified atom stereocenters. The van der Waals surface area contributed by atoms with Gasteiger partial charge in [0.05, 0.1) is 17.1 Å². The van der Waals surface area contributed by atoms with Gasteiger partial charge in [0.25, 0.3) is 5.88 Å². The minimum absolute atomic E-state index is 0.0576. The van der Waals surface area contributed by atoms with Gasteiger partial charge in [-0.1, -0.05) is 18.2 Å². The summed E-state index contributed by atoms with van der Waals surface area (Å²) < 4.78 is 4.64. The molecule has 1 aromatic heterocycles. The number of nitrogens with two attached hydrogens (primary N) is 1. The second kappa shape index (κ2) is 6.48. The SMILES string of the molecule is Nc1o[nH]c(=O)c1N=Nc1ccc(N=Nc2ccccc2)cc1. The molecule has 0 aliphatic carbocycles. The van der Waals surface area contributed by atoms with Gasteiger partial charge >= 0.3 is 5.56 Å². The zero-order valence-corrected chi connectivity index (χ0v) is 11.9. The number of nitrogens with zero attached hydrogens (tertiary/aromatic N) is 4. The Morgan fingerprint density at radius 1 is 0.783 bits per heavy atom. The van der Waals surface area contributed by atoms with Crippen LogP contribution in [0, 0.1) is 0 Å². The fourth-order valence-electron chi connectivity index (χ4n) is 1.71. The van der Waals surface area contributed by atoms with Gasteiger partial charge in [-0.15, -0.1) is 5.11 Å². The molecule has 23 heavy (non-hydrogen) atoms. The van der Waals surface area contributed by atoms with Gasteiger partial charge in [-0.2, -0.15) is 20.5 Å². The number of hydrogen-bond acceptors (Lipinski definition) is 7. The topological polar surface area (TPSA) is 121 Å². The molecule has 0 amide bonds. The van der Waals surface area contributed by atoms with E-state index in [9.17, 15) is 4.79 Å². The molecular formula is C15H12N6O2. The third kappa shape index (κ3) is 3.56. The maximum absolute atomic E-state index is 11.3. The Bertz CT molecular complexity index is 894.